The standard InChI is InChI=1S/C41H40NO5P/c1-3-42-41(45)47-37-27-26-35-36(43)29-38(46-40(35)39(37)44)31-24-22-30(23-25-31)15-13-14-28-48(2,32-16-7-4-8-17-32,33-18-9-5-10-19-33)34-20-11-6-12-21-34/h4-12,16-27,29,44H,3,13-15,28H2,1-2H3,(H,42,45). The maximum atomic E-state index is 12.9. The van der Waals surface area contributed by atoms with Gasteiger partial charge in [0.25, 0.3) is 0 Å². The van der Waals surface area contributed by atoms with Gasteiger partial charge in [-0.3, -0.25) is 0 Å². The van der Waals surface area contributed by atoms with E-state index in [4.69, 9.17) is 9.15 Å². The molecule has 0 saturated heterocycles. The van der Waals surface area contributed by atoms with Gasteiger partial charge in [-0.25, -0.2) is 4.79 Å². The van der Waals surface area contributed by atoms with Crippen LogP contribution in [-0.2, 0) is 6.42 Å². The van der Waals surface area contributed by atoms with Gasteiger partial charge in [0.05, 0.1) is 0 Å². The van der Waals surface area contributed by atoms with Gasteiger partial charge in [-0.2, -0.15) is 0 Å². The number of phenolic OH excluding ortho intramolecular Hbond substituents is 1. The number of fused-ring (bicyclic) bond motifs is 1. The molecule has 0 saturated carbocycles. The van der Waals surface area contributed by atoms with Crippen LogP contribution in [0.4, 0.5) is 4.79 Å². The summed E-state index contributed by atoms with van der Waals surface area (Å²) in [5.41, 5.74) is 1.58. The van der Waals surface area contributed by atoms with Crippen LogP contribution in [0.2, 0.25) is 0 Å². The monoisotopic (exact) mass is 657 g/mol. The minimum atomic E-state index is -2.78. The fourth-order valence-electron chi connectivity index (χ4n) is 6.69. The Bertz CT molecular complexity index is 1980. The molecule has 0 unspecified atom stereocenters. The normalized spacial score (nSPS) is 12.2. The summed E-state index contributed by atoms with van der Waals surface area (Å²) in [6.07, 6.45) is 3.33. The molecule has 5 aromatic carbocycles. The van der Waals surface area contributed by atoms with Gasteiger partial charge in [-0.1, -0.05) is 0 Å². The second kappa shape index (κ2) is 13.9. The number of aryl methyl sites for hydroxylation is 1. The Hall–Kier alpha value is -5.19. The molecule has 1 aromatic heterocycles. The van der Waals surface area contributed by atoms with Crippen molar-refractivity contribution in [3.63, 3.8) is 0 Å². The Labute approximate surface area is 281 Å². The minimum Gasteiger partial charge on any atom is -0.502 e. The van der Waals surface area contributed by atoms with Crippen LogP contribution in [0.3, 0.4) is 0 Å². The summed E-state index contributed by atoms with van der Waals surface area (Å²) in [6.45, 7) is 1.87. The molecule has 6 aromatic rings. The molecule has 0 spiro atoms. The van der Waals surface area contributed by atoms with Crippen LogP contribution in [0.25, 0.3) is 22.3 Å². The van der Waals surface area contributed by atoms with Gasteiger partial charge in [-0.15, -0.1) is 0 Å². The van der Waals surface area contributed by atoms with E-state index in [1.807, 2.05) is 12.1 Å². The third-order valence-corrected chi connectivity index (χ3v) is 15.9. The van der Waals surface area contributed by atoms with Crippen molar-refractivity contribution < 1.29 is 19.1 Å². The molecule has 0 atom stereocenters. The Morgan fingerprint density at radius 1 is 0.771 bits per heavy atom. The van der Waals surface area contributed by atoms with E-state index in [-0.39, 0.29) is 22.1 Å². The molecule has 0 aliphatic carbocycles. The molecule has 0 aliphatic heterocycles. The summed E-state index contributed by atoms with van der Waals surface area (Å²) in [5.74, 6) is -0.165. The number of nitrogens with one attached hydrogen (secondary N) is 1. The molecule has 2 N–H and O–H groups in total. The first-order valence-corrected chi connectivity index (χ1v) is 19.2. The predicted octanol–water partition coefficient (Wildman–Crippen LogP) is 7.76. The first-order chi connectivity index (χ1) is 23.3. The topological polar surface area (TPSA) is 88.8 Å². The predicted molar refractivity (Wildman–Crippen MR) is 198 cm³/mol. The number of rotatable bonds is 11. The fraction of sp³-hybridized carbons (Fsp3) is 0.171. The fourth-order valence-corrected chi connectivity index (χ4v) is 12.3. The molecule has 1 heterocycles. The van der Waals surface area contributed by atoms with Crippen LogP contribution in [0.15, 0.2) is 143 Å². The van der Waals surface area contributed by atoms with Gasteiger partial charge in [-0.05, 0) is 19.1 Å². The molecule has 7 heteroatoms. The van der Waals surface area contributed by atoms with E-state index < -0.39 is 18.4 Å². The van der Waals surface area contributed by atoms with Crippen LogP contribution in [0.1, 0.15) is 25.3 Å². The number of benzene rings is 5. The van der Waals surface area contributed by atoms with E-state index >= 15 is 0 Å². The van der Waals surface area contributed by atoms with Gasteiger partial charge in [0.15, 0.2) is 5.75 Å². The summed E-state index contributed by atoms with van der Waals surface area (Å²) in [6, 6.07) is 45.3. The number of carbonyl (C=O) groups excluding carboxylic acids is 1. The van der Waals surface area contributed by atoms with E-state index in [1.165, 1.54) is 39.7 Å². The van der Waals surface area contributed by atoms with E-state index in [9.17, 15) is 14.7 Å². The maximum absolute atomic E-state index is 12.9. The van der Waals surface area contributed by atoms with Crippen molar-refractivity contribution in [2.45, 2.75) is 26.2 Å². The quantitative estimate of drug-likeness (QED) is 0.110. The zero-order valence-corrected chi connectivity index (χ0v) is 28.2. The number of phenols is 1. The number of aromatic hydroxyl groups is 1. The summed E-state index contributed by atoms with van der Waals surface area (Å²) in [5, 5.41) is 17.7. The van der Waals surface area contributed by atoms with E-state index in [2.05, 4.69) is 115 Å². The second-order valence-electron chi connectivity index (χ2n) is 12.4. The van der Waals surface area contributed by atoms with Crippen LogP contribution in [0, 0.1) is 0 Å². The summed E-state index contributed by atoms with van der Waals surface area (Å²) < 4.78 is 11.2. The Balaban J connectivity index is 1.22. The van der Waals surface area contributed by atoms with Crippen molar-refractivity contribution >= 4 is 39.6 Å². The van der Waals surface area contributed by atoms with Crippen LogP contribution in [-0.4, -0.2) is 30.6 Å². The molecule has 0 aliphatic rings. The van der Waals surface area contributed by atoms with Crippen molar-refractivity contribution in [1.29, 1.82) is 0 Å². The smallest absolute Gasteiger partial charge is 0.502 e. The molecule has 0 bridgehead atoms. The van der Waals surface area contributed by atoms with E-state index in [0.29, 0.717) is 17.9 Å². The van der Waals surface area contributed by atoms with Gasteiger partial charge in [0.2, 0.25) is 0 Å². The molecule has 0 radical (unpaired) electrons. The molecule has 1 amide bonds. The second-order valence-corrected chi connectivity index (χ2v) is 18.0. The molecular formula is C41H40NO5P. The number of unbranched alkanes of at least 4 members (excludes halogenated alkanes) is 1. The third kappa shape index (κ3) is 6.24. The van der Waals surface area contributed by atoms with Crippen molar-refractivity contribution in [3.8, 4) is 22.8 Å². The number of hydrogen-bond donors (Lipinski definition) is 2. The van der Waals surface area contributed by atoms with Crippen molar-refractivity contribution in [2.75, 3.05) is 19.4 Å². The summed E-state index contributed by atoms with van der Waals surface area (Å²) in [7, 11) is 0. The molecule has 6 rings (SSSR count). The van der Waals surface area contributed by atoms with Crippen LogP contribution in [0.5, 0.6) is 11.5 Å². The van der Waals surface area contributed by atoms with Gasteiger partial charge < -0.3 is 15.2 Å². The Morgan fingerprint density at radius 2 is 1.33 bits per heavy atom. The number of amides is 1. The van der Waals surface area contributed by atoms with Gasteiger partial charge in [0.1, 0.15) is 0 Å². The Kier molecular flexibility index (Phi) is 9.47. The number of ether oxygens (including phenoxy) is 1. The zero-order valence-electron chi connectivity index (χ0n) is 27.3. The van der Waals surface area contributed by atoms with Crippen LogP contribution < -0.4 is 31.4 Å². The minimum absolute atomic E-state index is 0.0282. The van der Waals surface area contributed by atoms with Crippen molar-refractivity contribution in [2.24, 2.45) is 0 Å². The first kappa shape index (κ1) is 32.7. The summed E-state index contributed by atoms with van der Waals surface area (Å²) in [4.78, 5) is 24.8. The molecule has 244 valence electrons. The summed E-state index contributed by atoms with van der Waals surface area (Å²) >= 11 is 0. The molecule has 48 heavy (non-hydrogen) atoms. The average Bonchev–Trinajstić information content (AvgIpc) is 3.13. The van der Waals surface area contributed by atoms with Gasteiger partial charge in [0, 0.05) is 6.54 Å². The molecular weight excluding hydrogens is 617 g/mol. The first-order valence-electron chi connectivity index (χ1n) is 16.3. The van der Waals surface area contributed by atoms with E-state index in [0.717, 1.165) is 25.4 Å². The molecule has 6 nitrogen and oxygen atoms in total. The van der Waals surface area contributed by atoms with Crippen LogP contribution >= 0.6 is 6.60 Å². The number of hydrogen-bond acceptors (Lipinski definition) is 5. The number of carbonyl (C=O) groups is 1. The third-order valence-electron chi connectivity index (χ3n) is 9.39. The van der Waals surface area contributed by atoms with Gasteiger partial charge >= 0.3 is 230 Å². The average molecular weight is 658 g/mol. The Morgan fingerprint density at radius 3 is 1.88 bits per heavy atom. The van der Waals surface area contributed by atoms with E-state index in [1.54, 1.807) is 6.92 Å². The zero-order chi connectivity index (χ0) is 33.6. The SMILES string of the molecule is CCNC(=O)Oc1ccc2c(=O)cc(-c3ccc(CCCCP(C)(c4ccccc4)(c4ccccc4)c4ccccc4)cc3)oc2c1O. The molecule has 0 fully saturated rings. The van der Waals surface area contributed by atoms with Crippen molar-refractivity contribution in [1.82, 2.24) is 5.32 Å². The van der Waals surface area contributed by atoms with Crippen molar-refractivity contribution in [3.05, 3.63) is 149 Å².